The summed E-state index contributed by atoms with van der Waals surface area (Å²) in [5, 5.41) is 0. The van der Waals surface area contributed by atoms with E-state index in [1.165, 1.54) is 12.8 Å². The second kappa shape index (κ2) is 5.56. The summed E-state index contributed by atoms with van der Waals surface area (Å²) in [6, 6.07) is 0. The van der Waals surface area contributed by atoms with Gasteiger partial charge in [-0.3, -0.25) is 0 Å². The van der Waals surface area contributed by atoms with Crippen LogP contribution in [0.4, 0.5) is 0 Å². The minimum absolute atomic E-state index is 0.445. The maximum Gasteiger partial charge on any atom is -0.0340 e. The summed E-state index contributed by atoms with van der Waals surface area (Å²) in [7, 11) is 0. The Kier molecular flexibility index (Phi) is 5.56. The van der Waals surface area contributed by atoms with E-state index in [2.05, 4.69) is 62.3 Å². The van der Waals surface area contributed by atoms with Crippen molar-refractivity contribution in [3.05, 3.63) is 0 Å². The Morgan fingerprint density at radius 2 is 1.25 bits per heavy atom. The van der Waals surface area contributed by atoms with Crippen LogP contribution < -0.4 is 0 Å². The van der Waals surface area contributed by atoms with Crippen LogP contribution in [0.1, 0.15) is 75.2 Å². The van der Waals surface area contributed by atoms with E-state index >= 15 is 0 Å². The summed E-state index contributed by atoms with van der Waals surface area (Å²) in [6.45, 7) is 21.4. The van der Waals surface area contributed by atoms with Gasteiger partial charge in [0.05, 0.1) is 0 Å². The molecule has 0 N–H and O–H groups in total. The van der Waals surface area contributed by atoms with Gasteiger partial charge in [0.1, 0.15) is 0 Å². The Bertz CT molecular complexity index is 187. The van der Waals surface area contributed by atoms with Crippen molar-refractivity contribution in [1.29, 1.82) is 0 Å². The van der Waals surface area contributed by atoms with Gasteiger partial charge in [0.15, 0.2) is 0 Å². The Morgan fingerprint density at radius 3 is 1.50 bits per heavy atom. The lowest BCUT2D eigenvalue weighted by Gasteiger charge is -2.37. The molecule has 0 heterocycles. The van der Waals surface area contributed by atoms with Crippen LogP contribution in [-0.4, -0.2) is 0 Å². The molecular formula is C16H34. The van der Waals surface area contributed by atoms with E-state index < -0.39 is 0 Å². The van der Waals surface area contributed by atoms with Crippen LogP contribution in [0.3, 0.4) is 0 Å². The van der Waals surface area contributed by atoms with Crippen LogP contribution in [0.5, 0.6) is 0 Å². The Hall–Kier alpha value is 0. The molecule has 0 aliphatic heterocycles. The molecule has 2 atom stereocenters. The van der Waals surface area contributed by atoms with E-state index in [1.807, 2.05) is 0 Å². The van der Waals surface area contributed by atoms with Crippen LogP contribution in [0.25, 0.3) is 0 Å². The third kappa shape index (κ3) is 6.55. The SMILES string of the molecule is CC(CC(C(C)C)C(C)(C)C)CC(C)(C)C. The van der Waals surface area contributed by atoms with Gasteiger partial charge in [0.25, 0.3) is 0 Å². The van der Waals surface area contributed by atoms with Gasteiger partial charge in [-0.1, -0.05) is 62.3 Å². The van der Waals surface area contributed by atoms with Crippen LogP contribution >= 0.6 is 0 Å². The molecule has 0 aliphatic carbocycles. The first-order valence-electron chi connectivity index (χ1n) is 6.93. The van der Waals surface area contributed by atoms with Crippen molar-refractivity contribution in [2.45, 2.75) is 75.2 Å². The summed E-state index contributed by atoms with van der Waals surface area (Å²) in [6.07, 6.45) is 2.71. The normalized spacial score (nSPS) is 17.6. The minimum Gasteiger partial charge on any atom is -0.0625 e. The van der Waals surface area contributed by atoms with Crippen LogP contribution in [0.2, 0.25) is 0 Å². The van der Waals surface area contributed by atoms with Gasteiger partial charge in [0, 0.05) is 0 Å². The second-order valence-corrected chi connectivity index (χ2v) is 8.32. The zero-order valence-electron chi connectivity index (χ0n) is 13.1. The highest BCUT2D eigenvalue weighted by Gasteiger charge is 2.29. The quantitative estimate of drug-likeness (QED) is 0.571. The monoisotopic (exact) mass is 226 g/mol. The summed E-state index contributed by atoms with van der Waals surface area (Å²) in [5.74, 6) is 2.47. The topological polar surface area (TPSA) is 0 Å². The van der Waals surface area contributed by atoms with Gasteiger partial charge in [-0.05, 0) is 41.4 Å². The largest absolute Gasteiger partial charge is 0.0625 e. The average molecular weight is 226 g/mol. The second-order valence-electron chi connectivity index (χ2n) is 8.32. The molecule has 0 rings (SSSR count). The molecular weight excluding hydrogens is 192 g/mol. The molecule has 0 aromatic carbocycles. The lowest BCUT2D eigenvalue weighted by Crippen LogP contribution is -2.28. The van der Waals surface area contributed by atoms with Gasteiger partial charge in [-0.25, -0.2) is 0 Å². The fourth-order valence-electron chi connectivity index (χ4n) is 3.19. The fraction of sp³-hybridized carbons (Fsp3) is 1.00. The number of rotatable bonds is 4. The van der Waals surface area contributed by atoms with Crippen LogP contribution in [0, 0.1) is 28.6 Å². The van der Waals surface area contributed by atoms with Crippen molar-refractivity contribution in [1.82, 2.24) is 0 Å². The first kappa shape index (κ1) is 16.0. The highest BCUT2D eigenvalue weighted by Crippen LogP contribution is 2.39. The van der Waals surface area contributed by atoms with Crippen LogP contribution in [-0.2, 0) is 0 Å². The fourth-order valence-corrected chi connectivity index (χ4v) is 3.19. The van der Waals surface area contributed by atoms with E-state index in [9.17, 15) is 0 Å². The molecule has 0 fully saturated rings. The Balaban J connectivity index is 4.43. The van der Waals surface area contributed by atoms with E-state index in [0.717, 1.165) is 17.8 Å². The molecule has 0 aromatic heterocycles. The van der Waals surface area contributed by atoms with Crippen molar-refractivity contribution in [3.8, 4) is 0 Å². The summed E-state index contributed by atoms with van der Waals surface area (Å²) in [5.41, 5.74) is 0.916. The molecule has 0 saturated carbocycles. The minimum atomic E-state index is 0.445. The molecule has 2 unspecified atom stereocenters. The van der Waals surface area contributed by atoms with E-state index in [-0.39, 0.29) is 0 Å². The first-order valence-corrected chi connectivity index (χ1v) is 6.93. The Morgan fingerprint density at radius 1 is 0.812 bits per heavy atom. The summed E-state index contributed by atoms with van der Waals surface area (Å²) < 4.78 is 0. The van der Waals surface area contributed by atoms with E-state index in [4.69, 9.17) is 0 Å². The third-order valence-corrected chi connectivity index (χ3v) is 3.53. The summed E-state index contributed by atoms with van der Waals surface area (Å²) in [4.78, 5) is 0. The highest BCUT2D eigenvalue weighted by atomic mass is 14.3. The molecule has 98 valence electrons. The van der Waals surface area contributed by atoms with E-state index in [0.29, 0.717) is 10.8 Å². The third-order valence-electron chi connectivity index (χ3n) is 3.53. The maximum atomic E-state index is 2.42. The van der Waals surface area contributed by atoms with Crippen molar-refractivity contribution >= 4 is 0 Å². The molecule has 0 amide bonds. The predicted molar refractivity (Wildman–Crippen MR) is 75.6 cm³/mol. The average Bonchev–Trinajstić information content (AvgIpc) is 1.93. The van der Waals surface area contributed by atoms with Gasteiger partial charge in [0.2, 0.25) is 0 Å². The first-order chi connectivity index (χ1) is 6.93. The van der Waals surface area contributed by atoms with Gasteiger partial charge < -0.3 is 0 Å². The van der Waals surface area contributed by atoms with Crippen molar-refractivity contribution in [3.63, 3.8) is 0 Å². The van der Waals surface area contributed by atoms with Gasteiger partial charge in [-0.15, -0.1) is 0 Å². The van der Waals surface area contributed by atoms with Crippen LogP contribution in [0.15, 0.2) is 0 Å². The zero-order chi connectivity index (χ0) is 13.1. The lowest BCUT2D eigenvalue weighted by molar-refractivity contribution is 0.131. The number of hydrogen-bond acceptors (Lipinski definition) is 0. The molecule has 0 aliphatic rings. The standard InChI is InChI=1S/C16H34/c1-12(2)14(16(7,8)9)10-13(3)11-15(4,5)6/h12-14H,10-11H2,1-9H3. The van der Waals surface area contributed by atoms with Crippen molar-refractivity contribution < 1.29 is 0 Å². The molecule has 0 aromatic rings. The van der Waals surface area contributed by atoms with Crippen molar-refractivity contribution in [2.24, 2.45) is 28.6 Å². The highest BCUT2D eigenvalue weighted by molar-refractivity contribution is 4.79. The molecule has 0 bridgehead atoms. The molecule has 0 radical (unpaired) electrons. The zero-order valence-corrected chi connectivity index (χ0v) is 13.1. The molecule has 16 heavy (non-hydrogen) atoms. The predicted octanol–water partition coefficient (Wildman–Crippen LogP) is 5.77. The van der Waals surface area contributed by atoms with Gasteiger partial charge >= 0.3 is 0 Å². The van der Waals surface area contributed by atoms with Crippen molar-refractivity contribution in [2.75, 3.05) is 0 Å². The molecule has 0 nitrogen and oxygen atoms in total. The lowest BCUT2D eigenvalue weighted by atomic mass is 9.69. The molecule has 0 heteroatoms. The summed E-state index contributed by atoms with van der Waals surface area (Å²) >= 11 is 0. The smallest absolute Gasteiger partial charge is 0.0340 e. The van der Waals surface area contributed by atoms with E-state index in [1.54, 1.807) is 0 Å². The molecule has 0 saturated heterocycles. The van der Waals surface area contributed by atoms with Gasteiger partial charge in [-0.2, -0.15) is 0 Å². The molecule has 0 spiro atoms. The maximum absolute atomic E-state index is 2.42. The Labute approximate surface area is 104 Å². The number of hydrogen-bond donors (Lipinski definition) is 0.